The van der Waals surface area contributed by atoms with Gasteiger partial charge >= 0.3 is 0 Å². The van der Waals surface area contributed by atoms with Gasteiger partial charge in [0.1, 0.15) is 0 Å². The van der Waals surface area contributed by atoms with E-state index in [1.54, 1.807) is 30.3 Å². The van der Waals surface area contributed by atoms with Crippen LogP contribution in [-0.2, 0) is 14.3 Å². The zero-order valence-corrected chi connectivity index (χ0v) is 22.0. The molecule has 208 valence electrons. The third-order valence-corrected chi connectivity index (χ3v) is 7.59. The minimum atomic E-state index is -1.01. The minimum Gasteiger partial charge on any atom is -0.397 e. The molecule has 40 heavy (non-hydrogen) atoms. The maximum Gasteiger partial charge on any atom is 0.248 e. The molecule has 5 rings (SSSR count). The highest BCUT2D eigenvalue weighted by Crippen LogP contribution is 2.36. The summed E-state index contributed by atoms with van der Waals surface area (Å²) in [6, 6.07) is 18.5. The van der Waals surface area contributed by atoms with Crippen LogP contribution in [0, 0.1) is 17.6 Å². The third kappa shape index (κ3) is 6.55. The molecule has 9 heteroatoms. The lowest BCUT2D eigenvalue weighted by Gasteiger charge is -2.31. The fourth-order valence-electron chi connectivity index (χ4n) is 5.41. The summed E-state index contributed by atoms with van der Waals surface area (Å²) in [6.45, 7) is 2.66. The fourth-order valence-corrected chi connectivity index (χ4v) is 5.41. The van der Waals surface area contributed by atoms with Crippen LogP contribution < -0.4 is 16.4 Å². The van der Waals surface area contributed by atoms with E-state index < -0.39 is 11.6 Å². The van der Waals surface area contributed by atoms with Crippen molar-refractivity contribution in [3.8, 4) is 0 Å². The van der Waals surface area contributed by atoms with Crippen molar-refractivity contribution in [1.29, 1.82) is 0 Å². The van der Waals surface area contributed by atoms with E-state index in [-0.39, 0.29) is 29.3 Å². The van der Waals surface area contributed by atoms with E-state index >= 15 is 0 Å². The third-order valence-electron chi connectivity index (χ3n) is 7.59. The summed E-state index contributed by atoms with van der Waals surface area (Å²) in [5, 5.41) is 5.55. The van der Waals surface area contributed by atoms with Crippen molar-refractivity contribution in [1.82, 2.24) is 4.90 Å². The number of para-hydroxylation sites is 2. The van der Waals surface area contributed by atoms with Gasteiger partial charge in [-0.05, 0) is 54.3 Å². The van der Waals surface area contributed by atoms with Crippen LogP contribution >= 0.6 is 0 Å². The summed E-state index contributed by atoms with van der Waals surface area (Å²) < 4.78 is 32.7. The lowest BCUT2D eigenvalue weighted by molar-refractivity contribution is -0.120. The average Bonchev–Trinajstić information content (AvgIpc) is 3.42. The molecule has 3 aromatic rings. The first-order valence-corrected chi connectivity index (χ1v) is 13.4. The van der Waals surface area contributed by atoms with Crippen molar-refractivity contribution < 1.29 is 23.1 Å². The Labute approximate surface area is 232 Å². The number of likely N-dealkylation sites (tertiary alicyclic amines) is 1. The number of anilines is 3. The van der Waals surface area contributed by atoms with Gasteiger partial charge in [-0.1, -0.05) is 36.4 Å². The molecule has 0 bridgehead atoms. The van der Waals surface area contributed by atoms with E-state index in [1.165, 1.54) is 12.1 Å². The first-order valence-electron chi connectivity index (χ1n) is 13.4. The van der Waals surface area contributed by atoms with Crippen LogP contribution in [-0.4, -0.2) is 49.1 Å². The number of ether oxygens (including phenoxy) is 1. The summed E-state index contributed by atoms with van der Waals surface area (Å²) in [5.74, 6) is -2.95. The van der Waals surface area contributed by atoms with Crippen molar-refractivity contribution in [2.75, 3.05) is 42.7 Å². The predicted octanol–water partition coefficient (Wildman–Crippen LogP) is 5.03. The number of carbonyl (C=O) groups excluding carboxylic acids is 2. The summed E-state index contributed by atoms with van der Waals surface area (Å²) in [7, 11) is 0. The number of nitrogens with one attached hydrogen (secondary N) is 2. The molecule has 2 amide bonds. The molecule has 0 aliphatic carbocycles. The van der Waals surface area contributed by atoms with Crippen molar-refractivity contribution >= 4 is 35.0 Å². The van der Waals surface area contributed by atoms with Crippen LogP contribution in [0.3, 0.4) is 0 Å². The van der Waals surface area contributed by atoms with Gasteiger partial charge in [0.2, 0.25) is 11.8 Å². The van der Waals surface area contributed by atoms with Crippen molar-refractivity contribution in [3.63, 3.8) is 0 Å². The monoisotopic (exact) mass is 546 g/mol. The predicted molar refractivity (Wildman–Crippen MR) is 152 cm³/mol. The molecule has 2 atom stereocenters. The largest absolute Gasteiger partial charge is 0.397 e. The Morgan fingerprint density at radius 1 is 0.925 bits per heavy atom. The van der Waals surface area contributed by atoms with E-state index in [2.05, 4.69) is 15.5 Å². The Kier molecular flexibility index (Phi) is 8.52. The number of rotatable bonds is 7. The van der Waals surface area contributed by atoms with E-state index in [0.29, 0.717) is 43.7 Å². The van der Waals surface area contributed by atoms with Crippen LogP contribution in [0.5, 0.6) is 0 Å². The van der Waals surface area contributed by atoms with E-state index in [1.807, 2.05) is 24.3 Å². The molecule has 0 spiro atoms. The molecule has 2 saturated heterocycles. The van der Waals surface area contributed by atoms with Gasteiger partial charge in [0, 0.05) is 56.1 Å². The fraction of sp³-hybridized carbons (Fsp3) is 0.290. The molecule has 4 N–H and O–H groups in total. The van der Waals surface area contributed by atoms with Gasteiger partial charge in [0.05, 0.1) is 17.3 Å². The van der Waals surface area contributed by atoms with Gasteiger partial charge < -0.3 is 21.1 Å². The Hall–Kier alpha value is -4.08. The number of nitrogens with two attached hydrogens (primary N) is 1. The van der Waals surface area contributed by atoms with E-state index in [0.717, 1.165) is 36.1 Å². The van der Waals surface area contributed by atoms with E-state index in [9.17, 15) is 18.4 Å². The molecule has 3 aromatic carbocycles. The number of carbonyl (C=O) groups is 2. The first kappa shape index (κ1) is 27.5. The topological polar surface area (TPSA) is 96.7 Å². The molecule has 2 aliphatic rings. The SMILES string of the molecule is Nc1ccccc1NC(=O)C=Cc1ccc(C2CN(C3CCOCC3)CC2C(=O)Nc2ccc(F)c(F)c2)cc1. The standard InChI is InChI=1S/C31H32F2N4O3/c32-26-11-10-22(17-27(26)33)35-31(39)25-19-37(23-13-15-40-16-14-23)18-24(25)21-8-5-20(6-9-21)7-12-30(38)36-29-4-2-1-3-28(29)34/h1-12,17,23-25H,13-16,18-19,34H2,(H,35,39)(H,36,38). The number of amides is 2. The van der Waals surface area contributed by atoms with Crippen LogP contribution in [0.2, 0.25) is 0 Å². The van der Waals surface area contributed by atoms with Gasteiger partial charge in [-0.3, -0.25) is 14.5 Å². The number of halogens is 2. The van der Waals surface area contributed by atoms with Gasteiger partial charge in [0.25, 0.3) is 0 Å². The van der Waals surface area contributed by atoms with Crippen molar-refractivity contribution in [2.45, 2.75) is 24.8 Å². The highest BCUT2D eigenvalue weighted by molar-refractivity contribution is 6.03. The second kappa shape index (κ2) is 12.4. The molecule has 2 aliphatic heterocycles. The number of hydrogen-bond acceptors (Lipinski definition) is 5. The maximum atomic E-state index is 13.7. The zero-order chi connectivity index (χ0) is 28.1. The molecule has 2 heterocycles. The van der Waals surface area contributed by atoms with E-state index in [4.69, 9.17) is 10.5 Å². The highest BCUT2D eigenvalue weighted by atomic mass is 19.2. The Balaban J connectivity index is 1.30. The lowest BCUT2D eigenvalue weighted by atomic mass is 9.88. The zero-order valence-electron chi connectivity index (χ0n) is 22.0. The van der Waals surface area contributed by atoms with Crippen molar-refractivity contribution in [2.24, 2.45) is 5.92 Å². The quantitative estimate of drug-likeness (QED) is 0.285. The number of nitrogen functional groups attached to an aromatic ring is 1. The van der Waals surface area contributed by atoms with Crippen LogP contribution in [0.1, 0.15) is 29.9 Å². The summed E-state index contributed by atoms with van der Waals surface area (Å²) in [4.78, 5) is 28.1. The number of benzene rings is 3. The molecular formula is C31H32F2N4O3. The normalized spacial score (nSPS) is 20.1. The molecule has 2 fully saturated rings. The minimum absolute atomic E-state index is 0.0875. The molecule has 0 saturated carbocycles. The van der Waals surface area contributed by atoms with Crippen LogP contribution in [0.4, 0.5) is 25.8 Å². The summed E-state index contributed by atoms with van der Waals surface area (Å²) in [5.41, 5.74) is 8.99. The molecule has 0 aromatic heterocycles. The highest BCUT2D eigenvalue weighted by Gasteiger charge is 2.41. The second-order valence-corrected chi connectivity index (χ2v) is 10.2. The van der Waals surface area contributed by atoms with Crippen LogP contribution in [0.25, 0.3) is 6.08 Å². The molecule has 0 radical (unpaired) electrons. The molecule has 7 nitrogen and oxygen atoms in total. The Morgan fingerprint density at radius 2 is 1.68 bits per heavy atom. The Morgan fingerprint density at radius 3 is 2.40 bits per heavy atom. The average molecular weight is 547 g/mol. The number of nitrogens with zero attached hydrogens (tertiary/aromatic N) is 1. The van der Waals surface area contributed by atoms with Crippen LogP contribution in [0.15, 0.2) is 72.8 Å². The van der Waals surface area contributed by atoms with Gasteiger partial charge in [0.15, 0.2) is 11.6 Å². The number of hydrogen-bond donors (Lipinski definition) is 3. The maximum absolute atomic E-state index is 13.7. The summed E-state index contributed by atoms with van der Waals surface area (Å²) in [6.07, 6.45) is 4.98. The summed E-state index contributed by atoms with van der Waals surface area (Å²) >= 11 is 0. The second-order valence-electron chi connectivity index (χ2n) is 10.2. The molecule has 2 unspecified atom stereocenters. The lowest BCUT2D eigenvalue weighted by Crippen LogP contribution is -2.38. The smallest absolute Gasteiger partial charge is 0.248 e. The van der Waals surface area contributed by atoms with Gasteiger partial charge in [-0.15, -0.1) is 0 Å². The Bertz CT molecular complexity index is 1390. The van der Waals surface area contributed by atoms with Gasteiger partial charge in [-0.25, -0.2) is 8.78 Å². The molecular weight excluding hydrogens is 514 g/mol. The van der Waals surface area contributed by atoms with Crippen molar-refractivity contribution in [3.05, 3.63) is 95.6 Å². The van der Waals surface area contributed by atoms with Gasteiger partial charge in [-0.2, -0.15) is 0 Å². The first-order chi connectivity index (χ1) is 19.4.